The van der Waals surface area contributed by atoms with Crippen LogP contribution in [0.15, 0.2) is 10.3 Å². The Balaban J connectivity index is 3.41. The van der Waals surface area contributed by atoms with E-state index in [1.54, 1.807) is 13.8 Å². The summed E-state index contributed by atoms with van der Waals surface area (Å²) in [6.07, 6.45) is 5.12. The van der Waals surface area contributed by atoms with E-state index in [1.807, 2.05) is 0 Å². The molecule has 0 aliphatic heterocycles. The first-order valence-electron chi connectivity index (χ1n) is 5.11. The predicted molar refractivity (Wildman–Crippen MR) is 69.3 cm³/mol. The third-order valence-electron chi connectivity index (χ3n) is 2.33. The van der Waals surface area contributed by atoms with Gasteiger partial charge in [0.2, 0.25) is 10.0 Å². The highest BCUT2D eigenvalue weighted by atomic mass is 32.2. The smallest absolute Gasteiger partial charge is 0.347 e. The van der Waals surface area contributed by atoms with Crippen molar-refractivity contribution in [2.45, 2.75) is 18.7 Å². The van der Waals surface area contributed by atoms with Gasteiger partial charge in [0.15, 0.2) is 0 Å². The minimum Gasteiger partial charge on any atom is -0.477 e. The van der Waals surface area contributed by atoms with Crippen LogP contribution < -0.4 is 0 Å². The number of carboxylic acid groups (broad SMARTS) is 1. The molecule has 0 saturated heterocycles. The molecular weight excluding hydrogens is 274 g/mol. The summed E-state index contributed by atoms with van der Waals surface area (Å²) in [6.45, 7) is 3.34. The zero-order chi connectivity index (χ0) is 13.9. The summed E-state index contributed by atoms with van der Waals surface area (Å²) in [5.74, 6) is 1.01. The third-order valence-corrected chi connectivity index (χ3v) is 5.65. The molecule has 0 bridgehead atoms. The summed E-state index contributed by atoms with van der Waals surface area (Å²) in [5.41, 5.74) is 0.424. The maximum Gasteiger partial charge on any atom is 0.347 e. The van der Waals surface area contributed by atoms with Gasteiger partial charge in [-0.25, -0.2) is 13.2 Å². The van der Waals surface area contributed by atoms with Crippen LogP contribution in [0.25, 0.3) is 0 Å². The summed E-state index contributed by atoms with van der Waals surface area (Å²) in [4.78, 5) is 10.7. The summed E-state index contributed by atoms with van der Waals surface area (Å²) in [6, 6.07) is 0. The zero-order valence-corrected chi connectivity index (χ0v) is 11.6. The molecule has 0 aromatic carbocycles. The van der Waals surface area contributed by atoms with E-state index in [0.717, 1.165) is 15.6 Å². The van der Waals surface area contributed by atoms with Crippen molar-refractivity contribution in [3.63, 3.8) is 0 Å². The first kappa shape index (κ1) is 14.7. The number of aryl methyl sites for hydroxylation is 1. The third kappa shape index (κ3) is 2.56. The SMILES string of the molecule is C#CCN(CC)S(=O)(=O)c1c(C)csc1C(=O)O. The van der Waals surface area contributed by atoms with Crippen molar-refractivity contribution in [3.8, 4) is 12.3 Å². The molecule has 0 aliphatic rings. The van der Waals surface area contributed by atoms with Crippen LogP contribution >= 0.6 is 11.3 Å². The number of nitrogens with zero attached hydrogens (tertiary/aromatic N) is 1. The largest absolute Gasteiger partial charge is 0.477 e. The first-order chi connectivity index (χ1) is 8.36. The molecule has 5 nitrogen and oxygen atoms in total. The summed E-state index contributed by atoms with van der Waals surface area (Å²) < 4.78 is 25.7. The highest BCUT2D eigenvalue weighted by molar-refractivity contribution is 7.89. The lowest BCUT2D eigenvalue weighted by molar-refractivity contribution is 0.0698. The number of aromatic carboxylic acids is 1. The van der Waals surface area contributed by atoms with Crippen molar-refractivity contribution < 1.29 is 18.3 Å². The molecular formula is C11H13NO4S2. The fourth-order valence-electron chi connectivity index (χ4n) is 1.50. The summed E-state index contributed by atoms with van der Waals surface area (Å²) >= 11 is 0.900. The van der Waals surface area contributed by atoms with Crippen molar-refractivity contribution in [2.75, 3.05) is 13.1 Å². The van der Waals surface area contributed by atoms with Crippen LogP contribution in [0.1, 0.15) is 22.2 Å². The Kier molecular flexibility index (Phi) is 4.51. The quantitative estimate of drug-likeness (QED) is 0.831. The van der Waals surface area contributed by atoms with Gasteiger partial charge in [-0.05, 0) is 17.9 Å². The lowest BCUT2D eigenvalue weighted by Crippen LogP contribution is -2.32. The Morgan fingerprint density at radius 2 is 2.22 bits per heavy atom. The average molecular weight is 287 g/mol. The van der Waals surface area contributed by atoms with Crippen LogP contribution in [0, 0.1) is 19.3 Å². The molecule has 0 saturated carbocycles. The Morgan fingerprint density at radius 3 is 2.67 bits per heavy atom. The number of hydrogen-bond acceptors (Lipinski definition) is 4. The van der Waals surface area contributed by atoms with Crippen LogP contribution in [0.3, 0.4) is 0 Å². The molecule has 1 rings (SSSR count). The number of carbonyl (C=O) groups is 1. The van der Waals surface area contributed by atoms with E-state index in [2.05, 4.69) is 5.92 Å². The molecule has 18 heavy (non-hydrogen) atoms. The van der Waals surface area contributed by atoms with Crippen LogP contribution in [0.5, 0.6) is 0 Å². The molecule has 1 heterocycles. The van der Waals surface area contributed by atoms with Gasteiger partial charge in [-0.3, -0.25) is 0 Å². The van der Waals surface area contributed by atoms with E-state index in [1.165, 1.54) is 5.38 Å². The lowest BCUT2D eigenvalue weighted by Gasteiger charge is -2.18. The second-order valence-electron chi connectivity index (χ2n) is 3.52. The topological polar surface area (TPSA) is 74.7 Å². The monoisotopic (exact) mass is 287 g/mol. The Labute approximate surface area is 110 Å². The normalized spacial score (nSPS) is 11.4. The van der Waals surface area contributed by atoms with Crippen molar-refractivity contribution >= 4 is 27.3 Å². The molecule has 0 radical (unpaired) electrons. The fourth-order valence-corrected chi connectivity index (χ4v) is 4.45. The van der Waals surface area contributed by atoms with E-state index in [-0.39, 0.29) is 22.9 Å². The molecule has 98 valence electrons. The van der Waals surface area contributed by atoms with Crippen molar-refractivity contribution in [2.24, 2.45) is 0 Å². The van der Waals surface area contributed by atoms with Crippen LogP contribution in [0.4, 0.5) is 0 Å². The number of carboxylic acids is 1. The molecule has 0 amide bonds. The Bertz CT molecular complexity index is 595. The molecule has 7 heteroatoms. The number of thiophene rings is 1. The maximum atomic E-state index is 12.3. The summed E-state index contributed by atoms with van der Waals surface area (Å²) in [5, 5.41) is 10.5. The lowest BCUT2D eigenvalue weighted by atomic mass is 10.3. The van der Waals surface area contributed by atoms with Gasteiger partial charge in [-0.1, -0.05) is 12.8 Å². The van der Waals surface area contributed by atoms with Crippen LogP contribution in [-0.4, -0.2) is 36.9 Å². The van der Waals surface area contributed by atoms with Gasteiger partial charge >= 0.3 is 5.97 Å². The van der Waals surface area contributed by atoms with Gasteiger partial charge in [-0.2, -0.15) is 4.31 Å². The van der Waals surface area contributed by atoms with Crippen molar-refractivity contribution in [3.05, 3.63) is 15.8 Å². The van der Waals surface area contributed by atoms with Gasteiger partial charge < -0.3 is 5.11 Å². The van der Waals surface area contributed by atoms with Gasteiger partial charge in [0, 0.05) is 6.54 Å². The molecule has 1 N–H and O–H groups in total. The molecule has 0 fully saturated rings. The predicted octanol–water partition coefficient (Wildman–Crippen LogP) is 1.40. The Morgan fingerprint density at radius 1 is 1.61 bits per heavy atom. The molecule has 1 aromatic rings. The van der Waals surface area contributed by atoms with Gasteiger partial charge in [0.25, 0.3) is 0 Å². The highest BCUT2D eigenvalue weighted by Gasteiger charge is 2.31. The molecule has 0 unspecified atom stereocenters. The molecule has 0 atom stereocenters. The molecule has 0 spiro atoms. The first-order valence-corrected chi connectivity index (χ1v) is 7.43. The molecule has 0 aliphatic carbocycles. The maximum absolute atomic E-state index is 12.3. The van der Waals surface area contributed by atoms with E-state index in [4.69, 9.17) is 11.5 Å². The van der Waals surface area contributed by atoms with E-state index in [9.17, 15) is 13.2 Å². The van der Waals surface area contributed by atoms with Crippen molar-refractivity contribution in [1.82, 2.24) is 4.31 Å². The van der Waals surface area contributed by atoms with E-state index >= 15 is 0 Å². The minimum atomic E-state index is -3.86. The van der Waals surface area contributed by atoms with E-state index < -0.39 is 16.0 Å². The number of hydrogen-bond donors (Lipinski definition) is 1. The van der Waals surface area contributed by atoms with Gasteiger partial charge in [0.1, 0.15) is 9.77 Å². The second-order valence-corrected chi connectivity index (χ2v) is 6.27. The minimum absolute atomic E-state index is 0.0762. The van der Waals surface area contributed by atoms with Gasteiger partial charge in [-0.15, -0.1) is 17.8 Å². The summed E-state index contributed by atoms with van der Waals surface area (Å²) in [7, 11) is -3.86. The van der Waals surface area contributed by atoms with Crippen LogP contribution in [-0.2, 0) is 10.0 Å². The average Bonchev–Trinajstić information content (AvgIpc) is 2.68. The van der Waals surface area contributed by atoms with Crippen LogP contribution in [0.2, 0.25) is 0 Å². The zero-order valence-electron chi connectivity index (χ0n) is 10.0. The highest BCUT2D eigenvalue weighted by Crippen LogP contribution is 2.29. The van der Waals surface area contributed by atoms with Gasteiger partial charge in [0.05, 0.1) is 6.54 Å². The second kappa shape index (κ2) is 5.52. The Hall–Kier alpha value is -1.36. The number of sulfonamides is 1. The fraction of sp³-hybridized carbons (Fsp3) is 0.364. The number of rotatable bonds is 5. The standard InChI is InChI=1S/C11H13NO4S2/c1-4-6-12(5-2)18(15,16)10-8(3)7-17-9(10)11(13)14/h1,7H,5-6H2,2-3H3,(H,13,14). The number of terminal acetylenes is 1. The van der Waals surface area contributed by atoms with Crippen molar-refractivity contribution in [1.29, 1.82) is 0 Å². The van der Waals surface area contributed by atoms with E-state index in [0.29, 0.717) is 5.56 Å². The molecule has 1 aromatic heterocycles.